The Labute approximate surface area is 124 Å². The molecule has 0 saturated heterocycles. The summed E-state index contributed by atoms with van der Waals surface area (Å²) in [6, 6.07) is 12.8. The van der Waals surface area contributed by atoms with Crippen LogP contribution < -0.4 is 10.1 Å². The molecule has 0 saturated carbocycles. The van der Waals surface area contributed by atoms with Crippen LogP contribution in [0, 0.1) is 0 Å². The summed E-state index contributed by atoms with van der Waals surface area (Å²) >= 11 is 6.20. The van der Waals surface area contributed by atoms with Crippen molar-refractivity contribution in [1.29, 1.82) is 0 Å². The molecule has 0 aliphatic rings. The molecule has 2 rings (SSSR count). The van der Waals surface area contributed by atoms with E-state index in [0.29, 0.717) is 17.4 Å². The number of benzene rings is 2. The van der Waals surface area contributed by atoms with E-state index in [2.05, 4.69) is 12.2 Å². The zero-order valence-corrected chi connectivity index (χ0v) is 12.2. The van der Waals surface area contributed by atoms with Crippen LogP contribution in [-0.2, 0) is 13.2 Å². The van der Waals surface area contributed by atoms with E-state index in [9.17, 15) is 5.11 Å². The average molecular weight is 292 g/mol. The molecule has 0 aromatic heterocycles. The maximum Gasteiger partial charge on any atom is 0.138 e. The zero-order valence-electron chi connectivity index (χ0n) is 11.4. The van der Waals surface area contributed by atoms with E-state index in [4.69, 9.17) is 16.3 Å². The molecule has 106 valence electrons. The van der Waals surface area contributed by atoms with Crippen molar-refractivity contribution in [3.05, 3.63) is 58.6 Å². The molecule has 2 aromatic rings. The number of ether oxygens (including phenoxy) is 1. The van der Waals surface area contributed by atoms with E-state index >= 15 is 0 Å². The monoisotopic (exact) mass is 291 g/mol. The van der Waals surface area contributed by atoms with Gasteiger partial charge in [-0.15, -0.1) is 0 Å². The summed E-state index contributed by atoms with van der Waals surface area (Å²) in [6.07, 6.45) is 0. The molecule has 0 spiro atoms. The highest BCUT2D eigenvalue weighted by atomic mass is 35.5. The van der Waals surface area contributed by atoms with Crippen molar-refractivity contribution in [2.75, 3.05) is 6.54 Å². The molecule has 0 aliphatic heterocycles. The lowest BCUT2D eigenvalue weighted by molar-refractivity contribution is 0.305. The lowest BCUT2D eigenvalue weighted by atomic mass is 10.2. The van der Waals surface area contributed by atoms with Crippen LogP contribution in [-0.4, -0.2) is 11.7 Å². The lowest BCUT2D eigenvalue weighted by Gasteiger charge is -2.10. The van der Waals surface area contributed by atoms with Crippen molar-refractivity contribution >= 4 is 11.6 Å². The highest BCUT2D eigenvalue weighted by Gasteiger charge is 2.04. The minimum atomic E-state index is 0.234. The van der Waals surface area contributed by atoms with Crippen molar-refractivity contribution in [3.8, 4) is 11.5 Å². The van der Waals surface area contributed by atoms with E-state index in [-0.39, 0.29) is 5.75 Å². The van der Waals surface area contributed by atoms with E-state index in [1.165, 1.54) is 0 Å². The zero-order chi connectivity index (χ0) is 14.4. The fourth-order valence-corrected chi connectivity index (χ4v) is 2.11. The molecule has 3 nitrogen and oxygen atoms in total. The van der Waals surface area contributed by atoms with Gasteiger partial charge >= 0.3 is 0 Å². The normalized spacial score (nSPS) is 10.5. The third-order valence-electron chi connectivity index (χ3n) is 2.88. The highest BCUT2D eigenvalue weighted by Crippen LogP contribution is 2.26. The summed E-state index contributed by atoms with van der Waals surface area (Å²) in [6.45, 7) is 4.16. The second kappa shape index (κ2) is 7.17. The van der Waals surface area contributed by atoms with Gasteiger partial charge in [0.15, 0.2) is 0 Å². The SMILES string of the molecule is CCNCc1ccc(OCc2cccc(O)c2)c(Cl)c1. The number of phenolic OH excluding ortho intramolecular Hbond substituents is 1. The minimum Gasteiger partial charge on any atom is -0.508 e. The van der Waals surface area contributed by atoms with E-state index < -0.39 is 0 Å². The Morgan fingerprint density at radius 2 is 2.00 bits per heavy atom. The maximum absolute atomic E-state index is 9.40. The van der Waals surface area contributed by atoms with Gasteiger partial charge in [0, 0.05) is 6.54 Å². The maximum atomic E-state index is 9.40. The molecule has 2 aromatic carbocycles. The molecule has 20 heavy (non-hydrogen) atoms. The Hall–Kier alpha value is -1.71. The smallest absolute Gasteiger partial charge is 0.138 e. The van der Waals surface area contributed by atoms with Gasteiger partial charge in [-0.3, -0.25) is 0 Å². The van der Waals surface area contributed by atoms with Crippen molar-refractivity contribution < 1.29 is 9.84 Å². The first-order chi connectivity index (χ1) is 9.69. The Balaban J connectivity index is 1.99. The van der Waals surface area contributed by atoms with Crippen molar-refractivity contribution in [3.63, 3.8) is 0 Å². The predicted molar refractivity (Wildman–Crippen MR) is 81.3 cm³/mol. The second-order valence-corrected chi connectivity index (χ2v) is 4.91. The van der Waals surface area contributed by atoms with Gasteiger partial charge in [0.05, 0.1) is 5.02 Å². The number of aromatic hydroxyl groups is 1. The fourth-order valence-electron chi connectivity index (χ4n) is 1.85. The molecule has 2 N–H and O–H groups in total. The highest BCUT2D eigenvalue weighted by molar-refractivity contribution is 6.32. The topological polar surface area (TPSA) is 41.5 Å². The molecule has 0 bridgehead atoms. The van der Waals surface area contributed by atoms with Gasteiger partial charge in [0.1, 0.15) is 18.1 Å². The van der Waals surface area contributed by atoms with E-state index in [0.717, 1.165) is 24.2 Å². The molecule has 0 radical (unpaired) electrons. The Morgan fingerprint density at radius 1 is 1.15 bits per heavy atom. The number of phenols is 1. The van der Waals surface area contributed by atoms with Crippen molar-refractivity contribution in [2.24, 2.45) is 0 Å². The van der Waals surface area contributed by atoms with Gasteiger partial charge in [-0.25, -0.2) is 0 Å². The Morgan fingerprint density at radius 3 is 2.70 bits per heavy atom. The minimum absolute atomic E-state index is 0.234. The van der Waals surface area contributed by atoms with Gasteiger partial charge in [-0.2, -0.15) is 0 Å². The number of nitrogens with one attached hydrogen (secondary N) is 1. The Kier molecular flexibility index (Phi) is 5.27. The summed E-state index contributed by atoms with van der Waals surface area (Å²) < 4.78 is 5.67. The fraction of sp³-hybridized carbons (Fsp3) is 0.250. The molecule has 0 heterocycles. The summed E-state index contributed by atoms with van der Waals surface area (Å²) in [5, 5.41) is 13.2. The van der Waals surface area contributed by atoms with Crippen molar-refractivity contribution in [1.82, 2.24) is 5.32 Å². The van der Waals surface area contributed by atoms with Gasteiger partial charge < -0.3 is 15.2 Å². The summed E-state index contributed by atoms with van der Waals surface area (Å²) in [5.74, 6) is 0.883. The molecular weight excluding hydrogens is 274 g/mol. The molecule has 0 atom stereocenters. The van der Waals surface area contributed by atoms with Gasteiger partial charge in [-0.05, 0) is 41.9 Å². The Bertz CT molecular complexity index is 572. The summed E-state index contributed by atoms with van der Waals surface area (Å²) in [7, 11) is 0. The third-order valence-corrected chi connectivity index (χ3v) is 3.18. The standard InChI is InChI=1S/C16H18ClNO2/c1-2-18-10-12-6-7-16(15(17)9-12)20-11-13-4-3-5-14(19)8-13/h3-9,18-19H,2,10-11H2,1H3. The molecule has 0 fully saturated rings. The van der Waals surface area contributed by atoms with Crippen LogP contribution in [0.3, 0.4) is 0 Å². The molecule has 0 aliphatic carbocycles. The predicted octanol–water partition coefficient (Wildman–Crippen LogP) is 3.73. The summed E-state index contributed by atoms with van der Waals surface area (Å²) in [5.41, 5.74) is 2.03. The first-order valence-corrected chi connectivity index (χ1v) is 6.96. The number of halogens is 1. The summed E-state index contributed by atoms with van der Waals surface area (Å²) in [4.78, 5) is 0. The van der Waals surface area contributed by atoms with Crippen LogP contribution >= 0.6 is 11.6 Å². The number of hydrogen-bond donors (Lipinski definition) is 2. The molecule has 0 unspecified atom stereocenters. The molecule has 0 amide bonds. The first kappa shape index (κ1) is 14.7. The molecule has 4 heteroatoms. The van der Waals surface area contributed by atoms with Crippen LogP contribution in [0.15, 0.2) is 42.5 Å². The van der Waals surface area contributed by atoms with Gasteiger partial charge in [0.2, 0.25) is 0 Å². The van der Waals surface area contributed by atoms with Gasteiger partial charge in [0.25, 0.3) is 0 Å². The number of rotatable bonds is 6. The van der Waals surface area contributed by atoms with E-state index in [1.807, 2.05) is 24.3 Å². The van der Waals surface area contributed by atoms with Crippen LogP contribution in [0.1, 0.15) is 18.1 Å². The van der Waals surface area contributed by atoms with Crippen LogP contribution in [0.2, 0.25) is 5.02 Å². The molecular formula is C16H18ClNO2. The lowest BCUT2D eigenvalue weighted by Crippen LogP contribution is -2.11. The first-order valence-electron chi connectivity index (χ1n) is 6.59. The third kappa shape index (κ3) is 4.15. The van der Waals surface area contributed by atoms with Crippen LogP contribution in [0.5, 0.6) is 11.5 Å². The van der Waals surface area contributed by atoms with Crippen LogP contribution in [0.25, 0.3) is 0 Å². The van der Waals surface area contributed by atoms with E-state index in [1.54, 1.807) is 18.2 Å². The quantitative estimate of drug-likeness (QED) is 0.852. The largest absolute Gasteiger partial charge is 0.508 e. The van der Waals surface area contributed by atoms with Crippen LogP contribution in [0.4, 0.5) is 0 Å². The average Bonchev–Trinajstić information content (AvgIpc) is 2.44. The second-order valence-electron chi connectivity index (χ2n) is 4.50. The van der Waals surface area contributed by atoms with Gasteiger partial charge in [-0.1, -0.05) is 36.7 Å². The van der Waals surface area contributed by atoms with Crippen molar-refractivity contribution in [2.45, 2.75) is 20.1 Å². The number of hydrogen-bond acceptors (Lipinski definition) is 3.